The quantitative estimate of drug-likeness (QED) is 0.702. The Kier molecular flexibility index (Phi) is 5.91. The molecular weight excluding hydrogens is 196 g/mol. The van der Waals surface area contributed by atoms with Gasteiger partial charge < -0.3 is 5.32 Å². The molecule has 0 saturated carbocycles. The minimum Gasteiger partial charge on any atom is -0.368 e. The van der Waals surface area contributed by atoms with E-state index < -0.39 is 0 Å². The molecule has 1 heterocycles. The molecule has 1 aromatic heterocycles. The first-order chi connectivity index (χ1) is 7.72. The molecule has 0 unspecified atom stereocenters. The van der Waals surface area contributed by atoms with Crippen molar-refractivity contribution in [1.82, 2.24) is 4.98 Å². The van der Waals surface area contributed by atoms with Crippen molar-refractivity contribution in [2.75, 3.05) is 5.32 Å². The number of nitrogens with one attached hydrogen (secondary N) is 1. The number of unbranched alkanes of at least 4 members (excludes halogenated alkanes) is 3. The first-order valence-corrected chi connectivity index (χ1v) is 6.45. The van der Waals surface area contributed by atoms with Crippen LogP contribution in [0, 0.1) is 0 Å². The molecule has 0 atom stereocenters. The zero-order valence-corrected chi connectivity index (χ0v) is 10.8. The molecule has 16 heavy (non-hydrogen) atoms. The number of anilines is 1. The molecule has 1 rings (SSSR count). The van der Waals surface area contributed by atoms with E-state index in [1.165, 1.54) is 31.4 Å². The second-order valence-corrected chi connectivity index (χ2v) is 4.62. The normalized spacial score (nSPS) is 10.8. The van der Waals surface area contributed by atoms with Gasteiger partial charge in [0.2, 0.25) is 0 Å². The van der Waals surface area contributed by atoms with Crippen molar-refractivity contribution in [2.24, 2.45) is 0 Å². The van der Waals surface area contributed by atoms with Crippen LogP contribution >= 0.6 is 0 Å². The highest BCUT2D eigenvalue weighted by Crippen LogP contribution is 2.10. The van der Waals surface area contributed by atoms with E-state index in [4.69, 9.17) is 0 Å². The largest absolute Gasteiger partial charge is 0.368 e. The third-order valence-electron chi connectivity index (χ3n) is 2.53. The van der Waals surface area contributed by atoms with Crippen LogP contribution in [0.5, 0.6) is 0 Å². The Hall–Kier alpha value is -1.05. The summed E-state index contributed by atoms with van der Waals surface area (Å²) in [6, 6.07) is 6.70. The molecular formula is C14H24N2. The Morgan fingerprint density at radius 2 is 2.00 bits per heavy atom. The van der Waals surface area contributed by atoms with Crippen LogP contribution in [-0.2, 0) is 6.42 Å². The van der Waals surface area contributed by atoms with Gasteiger partial charge in [-0.15, -0.1) is 0 Å². The molecule has 0 spiro atoms. The minimum absolute atomic E-state index is 0.447. The maximum absolute atomic E-state index is 4.60. The van der Waals surface area contributed by atoms with Crippen LogP contribution in [0.2, 0.25) is 0 Å². The van der Waals surface area contributed by atoms with Gasteiger partial charge in [-0.3, -0.25) is 0 Å². The second-order valence-electron chi connectivity index (χ2n) is 4.62. The van der Waals surface area contributed by atoms with Crippen LogP contribution in [0.25, 0.3) is 0 Å². The molecule has 0 radical (unpaired) electrons. The van der Waals surface area contributed by atoms with Crippen LogP contribution in [0.15, 0.2) is 18.2 Å². The summed E-state index contributed by atoms with van der Waals surface area (Å²) in [4.78, 5) is 4.60. The van der Waals surface area contributed by atoms with Crippen molar-refractivity contribution < 1.29 is 0 Å². The van der Waals surface area contributed by atoms with E-state index in [0.29, 0.717) is 6.04 Å². The predicted molar refractivity (Wildman–Crippen MR) is 70.8 cm³/mol. The third-order valence-corrected chi connectivity index (χ3v) is 2.53. The minimum atomic E-state index is 0.447. The number of hydrogen-bond acceptors (Lipinski definition) is 2. The highest BCUT2D eigenvalue weighted by molar-refractivity contribution is 5.36. The van der Waals surface area contributed by atoms with Gasteiger partial charge in [-0.2, -0.15) is 0 Å². The molecule has 1 N–H and O–H groups in total. The number of hydrogen-bond donors (Lipinski definition) is 1. The van der Waals surface area contributed by atoms with Crippen molar-refractivity contribution >= 4 is 5.82 Å². The van der Waals surface area contributed by atoms with E-state index in [0.717, 1.165) is 12.2 Å². The summed E-state index contributed by atoms with van der Waals surface area (Å²) in [6.07, 6.45) is 6.31. The van der Waals surface area contributed by atoms with Crippen molar-refractivity contribution in [3.63, 3.8) is 0 Å². The zero-order chi connectivity index (χ0) is 11.8. The van der Waals surface area contributed by atoms with Gasteiger partial charge in [-0.05, 0) is 38.8 Å². The van der Waals surface area contributed by atoms with Crippen molar-refractivity contribution in [2.45, 2.75) is 58.9 Å². The van der Waals surface area contributed by atoms with Crippen LogP contribution in [-0.4, -0.2) is 11.0 Å². The van der Waals surface area contributed by atoms with Crippen LogP contribution < -0.4 is 5.32 Å². The summed E-state index contributed by atoms with van der Waals surface area (Å²) >= 11 is 0. The third kappa shape index (κ3) is 5.15. The lowest BCUT2D eigenvalue weighted by molar-refractivity contribution is 0.660. The maximum atomic E-state index is 4.60. The van der Waals surface area contributed by atoms with Gasteiger partial charge in [0, 0.05) is 11.7 Å². The van der Waals surface area contributed by atoms with E-state index in [9.17, 15) is 0 Å². The summed E-state index contributed by atoms with van der Waals surface area (Å²) in [5, 5.41) is 3.34. The van der Waals surface area contributed by atoms with Gasteiger partial charge >= 0.3 is 0 Å². The van der Waals surface area contributed by atoms with Gasteiger partial charge in [0.25, 0.3) is 0 Å². The lowest BCUT2D eigenvalue weighted by Crippen LogP contribution is -2.11. The van der Waals surface area contributed by atoms with Crippen molar-refractivity contribution in [3.05, 3.63) is 23.9 Å². The molecule has 90 valence electrons. The van der Waals surface area contributed by atoms with Crippen LogP contribution in [0.4, 0.5) is 5.82 Å². The lowest BCUT2D eigenvalue weighted by atomic mass is 10.1. The molecule has 2 nitrogen and oxygen atoms in total. The molecule has 0 aliphatic carbocycles. The summed E-state index contributed by atoms with van der Waals surface area (Å²) in [6.45, 7) is 6.51. The lowest BCUT2D eigenvalue weighted by Gasteiger charge is -2.10. The molecule has 0 aliphatic heterocycles. The Bertz CT molecular complexity index is 295. The van der Waals surface area contributed by atoms with E-state index in [2.05, 4.69) is 43.2 Å². The molecule has 0 amide bonds. The summed E-state index contributed by atoms with van der Waals surface area (Å²) < 4.78 is 0. The molecule has 0 aliphatic rings. The summed E-state index contributed by atoms with van der Waals surface area (Å²) in [5.41, 5.74) is 1.21. The Balaban J connectivity index is 2.41. The van der Waals surface area contributed by atoms with Gasteiger partial charge in [0.1, 0.15) is 5.82 Å². The molecule has 0 bridgehead atoms. The fourth-order valence-corrected chi connectivity index (χ4v) is 1.73. The standard InChI is InChI=1S/C14H24N2/c1-4-5-6-7-9-13-10-8-11-14(16-13)15-12(2)3/h8,10-12H,4-7,9H2,1-3H3,(H,15,16). The highest BCUT2D eigenvalue weighted by atomic mass is 15.0. The zero-order valence-electron chi connectivity index (χ0n) is 10.8. The van der Waals surface area contributed by atoms with E-state index in [1.54, 1.807) is 0 Å². The average Bonchev–Trinajstić information content (AvgIpc) is 2.24. The van der Waals surface area contributed by atoms with Gasteiger partial charge in [-0.25, -0.2) is 4.98 Å². The number of aromatic nitrogens is 1. The van der Waals surface area contributed by atoms with Gasteiger partial charge in [0.15, 0.2) is 0 Å². The highest BCUT2D eigenvalue weighted by Gasteiger charge is 1.99. The predicted octanol–water partition coefficient (Wildman–Crippen LogP) is 4.02. The number of aryl methyl sites for hydroxylation is 1. The van der Waals surface area contributed by atoms with Crippen LogP contribution in [0.3, 0.4) is 0 Å². The van der Waals surface area contributed by atoms with Crippen molar-refractivity contribution in [1.29, 1.82) is 0 Å². The Labute approximate surface area is 99.5 Å². The smallest absolute Gasteiger partial charge is 0.126 e. The summed E-state index contributed by atoms with van der Waals surface area (Å²) in [7, 11) is 0. The Morgan fingerprint density at radius 3 is 2.69 bits per heavy atom. The van der Waals surface area contributed by atoms with Crippen molar-refractivity contribution in [3.8, 4) is 0 Å². The first kappa shape index (κ1) is 13.0. The SMILES string of the molecule is CCCCCCc1cccc(NC(C)C)n1. The van der Waals surface area contributed by atoms with E-state index >= 15 is 0 Å². The Morgan fingerprint density at radius 1 is 1.19 bits per heavy atom. The fraction of sp³-hybridized carbons (Fsp3) is 0.643. The number of nitrogens with zero attached hydrogens (tertiary/aromatic N) is 1. The van der Waals surface area contributed by atoms with Gasteiger partial charge in [0.05, 0.1) is 0 Å². The topological polar surface area (TPSA) is 24.9 Å². The summed E-state index contributed by atoms with van der Waals surface area (Å²) in [5.74, 6) is 1.00. The number of rotatable bonds is 7. The molecule has 2 heteroatoms. The molecule has 0 aromatic carbocycles. The number of pyridine rings is 1. The molecule has 1 aromatic rings. The van der Waals surface area contributed by atoms with E-state index in [1.807, 2.05) is 6.07 Å². The molecule has 0 fully saturated rings. The maximum Gasteiger partial charge on any atom is 0.126 e. The van der Waals surface area contributed by atoms with E-state index in [-0.39, 0.29) is 0 Å². The van der Waals surface area contributed by atoms with Crippen LogP contribution in [0.1, 0.15) is 52.1 Å². The first-order valence-electron chi connectivity index (χ1n) is 6.45. The van der Waals surface area contributed by atoms with Gasteiger partial charge in [-0.1, -0.05) is 32.3 Å². The molecule has 0 saturated heterocycles. The second kappa shape index (κ2) is 7.26. The fourth-order valence-electron chi connectivity index (χ4n) is 1.73. The average molecular weight is 220 g/mol. The monoisotopic (exact) mass is 220 g/mol.